The van der Waals surface area contributed by atoms with E-state index in [-0.39, 0.29) is 18.0 Å². The van der Waals surface area contributed by atoms with Gasteiger partial charge in [-0.1, -0.05) is 31.2 Å². The smallest absolute Gasteiger partial charge is 0.143 e. The number of likely N-dealkylation sites (N-methyl/N-ethyl adjacent to an activating group) is 1. The molecule has 0 saturated carbocycles. The minimum atomic E-state index is -0.522. The second-order valence-electron chi connectivity index (χ2n) is 4.99. The fourth-order valence-corrected chi connectivity index (χ4v) is 2.85. The van der Waals surface area contributed by atoms with Crippen LogP contribution >= 0.6 is 15.9 Å². The summed E-state index contributed by atoms with van der Waals surface area (Å²) in [7, 11) is 0. The average Bonchev–Trinajstić information content (AvgIpc) is 2.47. The standard InChI is InChI=1S/C17H18BrF2N/c1-3-21-16(12-7-5-4-6-11(12)2)10-13-15(19)9-8-14(18)17(13)20/h4-9,16,21H,3,10H2,1-2H3. The van der Waals surface area contributed by atoms with E-state index in [1.54, 1.807) is 0 Å². The summed E-state index contributed by atoms with van der Waals surface area (Å²) in [5.74, 6) is -1.03. The van der Waals surface area contributed by atoms with Crippen molar-refractivity contribution >= 4 is 15.9 Å². The largest absolute Gasteiger partial charge is 0.310 e. The van der Waals surface area contributed by atoms with E-state index in [1.165, 1.54) is 12.1 Å². The van der Waals surface area contributed by atoms with Crippen LogP contribution in [0.1, 0.15) is 29.7 Å². The number of halogens is 3. The zero-order valence-electron chi connectivity index (χ0n) is 12.1. The molecule has 2 rings (SSSR count). The highest BCUT2D eigenvalue weighted by Gasteiger charge is 2.19. The summed E-state index contributed by atoms with van der Waals surface area (Å²) in [6, 6.07) is 10.5. The molecular formula is C17H18BrF2N. The van der Waals surface area contributed by atoms with E-state index in [4.69, 9.17) is 0 Å². The van der Waals surface area contributed by atoms with E-state index in [0.717, 1.165) is 17.7 Å². The van der Waals surface area contributed by atoms with Gasteiger partial charge >= 0.3 is 0 Å². The second-order valence-corrected chi connectivity index (χ2v) is 5.85. The van der Waals surface area contributed by atoms with Gasteiger partial charge in [-0.15, -0.1) is 0 Å². The molecule has 2 aromatic rings. The number of hydrogen-bond donors (Lipinski definition) is 1. The van der Waals surface area contributed by atoms with Gasteiger partial charge in [0.2, 0.25) is 0 Å². The molecule has 1 unspecified atom stereocenters. The Balaban J connectivity index is 2.38. The quantitative estimate of drug-likeness (QED) is 0.751. The number of aryl methyl sites for hydroxylation is 1. The van der Waals surface area contributed by atoms with E-state index >= 15 is 0 Å². The molecule has 1 N–H and O–H groups in total. The molecule has 0 aliphatic carbocycles. The third-order valence-electron chi connectivity index (χ3n) is 3.56. The molecule has 0 radical (unpaired) electrons. The van der Waals surface area contributed by atoms with Crippen LogP contribution in [0.2, 0.25) is 0 Å². The van der Waals surface area contributed by atoms with Crippen molar-refractivity contribution < 1.29 is 8.78 Å². The van der Waals surface area contributed by atoms with Crippen molar-refractivity contribution in [2.45, 2.75) is 26.3 Å². The lowest BCUT2D eigenvalue weighted by Crippen LogP contribution is -2.24. The first kappa shape index (κ1) is 16.1. The van der Waals surface area contributed by atoms with Gasteiger partial charge in [0, 0.05) is 11.6 Å². The maximum atomic E-state index is 14.2. The van der Waals surface area contributed by atoms with E-state index in [1.807, 2.05) is 38.1 Å². The first-order valence-corrected chi connectivity index (χ1v) is 7.75. The summed E-state index contributed by atoms with van der Waals surface area (Å²) in [6.07, 6.45) is 0.274. The third-order valence-corrected chi connectivity index (χ3v) is 4.17. The van der Waals surface area contributed by atoms with Gasteiger partial charge in [-0.2, -0.15) is 0 Å². The van der Waals surface area contributed by atoms with Crippen molar-refractivity contribution in [3.8, 4) is 0 Å². The first-order valence-electron chi connectivity index (χ1n) is 6.95. The highest BCUT2D eigenvalue weighted by molar-refractivity contribution is 9.10. The zero-order valence-corrected chi connectivity index (χ0v) is 13.7. The summed E-state index contributed by atoms with van der Waals surface area (Å²) in [6.45, 7) is 4.72. The normalized spacial score (nSPS) is 12.4. The minimum Gasteiger partial charge on any atom is -0.310 e. The average molecular weight is 354 g/mol. The Morgan fingerprint density at radius 1 is 1.14 bits per heavy atom. The molecule has 0 heterocycles. The Kier molecular flexibility index (Phi) is 5.48. The Morgan fingerprint density at radius 3 is 2.52 bits per heavy atom. The van der Waals surface area contributed by atoms with Gasteiger partial charge in [0.1, 0.15) is 11.6 Å². The monoisotopic (exact) mass is 353 g/mol. The van der Waals surface area contributed by atoms with Gasteiger partial charge in [0.05, 0.1) is 4.47 Å². The maximum Gasteiger partial charge on any atom is 0.143 e. The molecule has 0 saturated heterocycles. The Labute approximate surface area is 132 Å². The van der Waals surface area contributed by atoms with Crippen molar-refractivity contribution in [2.75, 3.05) is 6.54 Å². The van der Waals surface area contributed by atoms with Crippen molar-refractivity contribution in [3.05, 3.63) is 69.2 Å². The predicted molar refractivity (Wildman–Crippen MR) is 85.4 cm³/mol. The van der Waals surface area contributed by atoms with Gasteiger partial charge in [-0.05, 0) is 59.1 Å². The number of rotatable bonds is 5. The summed E-state index contributed by atoms with van der Waals surface area (Å²) in [5, 5.41) is 3.31. The van der Waals surface area contributed by atoms with Gasteiger partial charge in [-0.25, -0.2) is 8.78 Å². The molecule has 4 heteroatoms. The summed E-state index contributed by atoms with van der Waals surface area (Å²) >= 11 is 3.12. The lowest BCUT2D eigenvalue weighted by Gasteiger charge is -2.21. The van der Waals surface area contributed by atoms with Crippen LogP contribution in [0.15, 0.2) is 40.9 Å². The van der Waals surface area contributed by atoms with Crippen LogP contribution in [0.25, 0.3) is 0 Å². The summed E-state index contributed by atoms with van der Waals surface area (Å²) < 4.78 is 28.4. The molecule has 1 nitrogen and oxygen atoms in total. The Bertz CT molecular complexity index is 628. The van der Waals surface area contributed by atoms with E-state index < -0.39 is 11.6 Å². The molecule has 0 aliphatic heterocycles. The third kappa shape index (κ3) is 3.69. The van der Waals surface area contributed by atoms with Crippen molar-refractivity contribution in [2.24, 2.45) is 0 Å². The van der Waals surface area contributed by atoms with Crippen LogP contribution in [-0.4, -0.2) is 6.54 Å². The zero-order chi connectivity index (χ0) is 15.4. The van der Waals surface area contributed by atoms with Crippen LogP contribution in [0.5, 0.6) is 0 Å². The van der Waals surface area contributed by atoms with Gasteiger partial charge in [0.25, 0.3) is 0 Å². The van der Waals surface area contributed by atoms with Crippen LogP contribution in [-0.2, 0) is 6.42 Å². The molecule has 0 spiro atoms. The van der Waals surface area contributed by atoms with Gasteiger partial charge < -0.3 is 5.32 Å². The summed E-state index contributed by atoms with van der Waals surface area (Å²) in [4.78, 5) is 0. The lowest BCUT2D eigenvalue weighted by molar-refractivity contribution is 0.496. The molecule has 2 aromatic carbocycles. The van der Waals surface area contributed by atoms with Gasteiger partial charge in [-0.3, -0.25) is 0 Å². The van der Waals surface area contributed by atoms with Gasteiger partial charge in [0.15, 0.2) is 0 Å². The molecular weight excluding hydrogens is 336 g/mol. The lowest BCUT2D eigenvalue weighted by atomic mass is 9.95. The number of nitrogens with one attached hydrogen (secondary N) is 1. The SMILES string of the molecule is CCNC(Cc1c(F)ccc(Br)c1F)c1ccccc1C. The predicted octanol–water partition coefficient (Wildman–Crippen LogP) is 4.93. The fourth-order valence-electron chi connectivity index (χ4n) is 2.48. The van der Waals surface area contributed by atoms with Crippen LogP contribution in [0.4, 0.5) is 8.78 Å². The number of hydrogen-bond acceptors (Lipinski definition) is 1. The minimum absolute atomic E-state index is 0.110. The molecule has 1 atom stereocenters. The Hall–Kier alpha value is -1.26. The molecule has 0 aliphatic rings. The van der Waals surface area contributed by atoms with Crippen LogP contribution < -0.4 is 5.32 Å². The van der Waals surface area contributed by atoms with Crippen LogP contribution in [0, 0.1) is 18.6 Å². The van der Waals surface area contributed by atoms with E-state index in [2.05, 4.69) is 21.2 Å². The highest BCUT2D eigenvalue weighted by Crippen LogP contribution is 2.27. The van der Waals surface area contributed by atoms with Crippen LogP contribution in [0.3, 0.4) is 0 Å². The molecule has 0 aromatic heterocycles. The van der Waals surface area contributed by atoms with E-state index in [0.29, 0.717) is 4.47 Å². The first-order chi connectivity index (χ1) is 10.0. The topological polar surface area (TPSA) is 12.0 Å². The molecule has 21 heavy (non-hydrogen) atoms. The van der Waals surface area contributed by atoms with E-state index in [9.17, 15) is 8.78 Å². The molecule has 0 fully saturated rings. The number of benzene rings is 2. The summed E-state index contributed by atoms with van der Waals surface area (Å²) in [5.41, 5.74) is 2.29. The molecule has 0 bridgehead atoms. The molecule has 112 valence electrons. The van der Waals surface area contributed by atoms with Crippen molar-refractivity contribution in [3.63, 3.8) is 0 Å². The molecule has 0 amide bonds. The highest BCUT2D eigenvalue weighted by atomic mass is 79.9. The maximum absolute atomic E-state index is 14.2. The second kappa shape index (κ2) is 7.14. The fraction of sp³-hybridized carbons (Fsp3) is 0.294. The van der Waals surface area contributed by atoms with Crippen molar-refractivity contribution in [1.82, 2.24) is 5.32 Å². The van der Waals surface area contributed by atoms with Crippen molar-refractivity contribution in [1.29, 1.82) is 0 Å². The Morgan fingerprint density at radius 2 is 1.86 bits per heavy atom.